The van der Waals surface area contributed by atoms with Crippen LogP contribution in [0, 0.1) is 5.82 Å². The van der Waals surface area contributed by atoms with Gasteiger partial charge in [-0.05, 0) is 42.7 Å². The van der Waals surface area contributed by atoms with Crippen molar-refractivity contribution >= 4 is 21.9 Å². The number of carbonyl (C=O) groups is 1. The number of hydrogen-bond acceptors (Lipinski definition) is 4. The van der Waals surface area contributed by atoms with Crippen molar-refractivity contribution in [2.75, 3.05) is 31.7 Å². The zero-order chi connectivity index (χ0) is 20.3. The highest BCUT2D eigenvalue weighted by Gasteiger charge is 2.29. The Kier molecular flexibility index (Phi) is 5.95. The van der Waals surface area contributed by atoms with Crippen LogP contribution in [-0.2, 0) is 10.0 Å². The van der Waals surface area contributed by atoms with Gasteiger partial charge in [-0.25, -0.2) is 26.9 Å². The molecule has 3 rings (SSSR count). The van der Waals surface area contributed by atoms with Crippen LogP contribution in [0.2, 0.25) is 0 Å². The zero-order valence-corrected chi connectivity index (χ0v) is 16.6. The number of aromatic nitrogens is 1. The van der Waals surface area contributed by atoms with Gasteiger partial charge in [0.2, 0.25) is 10.0 Å². The monoisotopic (exact) mass is 406 g/mol. The van der Waals surface area contributed by atoms with E-state index >= 15 is 0 Å². The smallest absolute Gasteiger partial charge is 0.323 e. The lowest BCUT2D eigenvalue weighted by atomic mass is 10.1. The van der Waals surface area contributed by atoms with Gasteiger partial charge in [0.05, 0.1) is 6.26 Å². The van der Waals surface area contributed by atoms with Crippen LogP contribution in [0.5, 0.6) is 0 Å². The molecule has 1 saturated heterocycles. The summed E-state index contributed by atoms with van der Waals surface area (Å²) in [5, 5.41) is 2.74. The van der Waals surface area contributed by atoms with Gasteiger partial charge in [-0.1, -0.05) is 12.1 Å². The fourth-order valence-corrected chi connectivity index (χ4v) is 4.11. The van der Waals surface area contributed by atoms with Crippen LogP contribution in [0.15, 0.2) is 42.6 Å². The van der Waals surface area contributed by atoms with E-state index in [0.29, 0.717) is 37.3 Å². The Morgan fingerprint density at radius 3 is 2.50 bits per heavy atom. The van der Waals surface area contributed by atoms with Gasteiger partial charge in [0.25, 0.3) is 0 Å². The predicted molar refractivity (Wildman–Crippen MR) is 106 cm³/mol. The molecule has 2 aromatic rings. The molecule has 2 heterocycles. The highest BCUT2D eigenvalue weighted by Crippen LogP contribution is 2.21. The van der Waals surface area contributed by atoms with Crippen LogP contribution in [0.1, 0.15) is 12.8 Å². The molecule has 0 saturated carbocycles. The van der Waals surface area contributed by atoms with Gasteiger partial charge in [0, 0.05) is 37.9 Å². The summed E-state index contributed by atoms with van der Waals surface area (Å²) in [5.74, 6) is 0.0731. The molecule has 28 heavy (non-hydrogen) atoms. The van der Waals surface area contributed by atoms with E-state index in [1.54, 1.807) is 42.4 Å². The Labute approximate surface area is 164 Å². The Hall–Kier alpha value is -2.52. The van der Waals surface area contributed by atoms with Gasteiger partial charge in [-0.3, -0.25) is 5.32 Å². The zero-order valence-electron chi connectivity index (χ0n) is 15.8. The third-order valence-electron chi connectivity index (χ3n) is 4.92. The molecule has 0 bridgehead atoms. The van der Waals surface area contributed by atoms with Crippen LogP contribution < -0.4 is 5.32 Å². The molecule has 1 aromatic carbocycles. The lowest BCUT2D eigenvalue weighted by Crippen LogP contribution is -2.48. The minimum atomic E-state index is -3.19. The van der Waals surface area contributed by atoms with Crippen LogP contribution in [-0.4, -0.2) is 61.1 Å². The SMILES string of the molecule is CN(C(=O)Nc1ccc(-c2cccc(F)c2)cn1)C1CCN(S(C)(=O)=O)CC1. The second kappa shape index (κ2) is 8.24. The van der Waals surface area contributed by atoms with Crippen molar-refractivity contribution in [1.29, 1.82) is 0 Å². The molecule has 0 unspecified atom stereocenters. The van der Waals surface area contributed by atoms with Gasteiger partial charge in [-0.2, -0.15) is 0 Å². The number of amides is 2. The summed E-state index contributed by atoms with van der Waals surface area (Å²) < 4.78 is 38.0. The van der Waals surface area contributed by atoms with Crippen molar-refractivity contribution in [3.63, 3.8) is 0 Å². The second-order valence-corrected chi connectivity index (χ2v) is 8.86. The van der Waals surface area contributed by atoms with Crippen molar-refractivity contribution in [2.45, 2.75) is 18.9 Å². The maximum atomic E-state index is 13.3. The molecule has 9 heteroatoms. The number of benzene rings is 1. The molecular formula is C19H23FN4O3S. The Balaban J connectivity index is 1.58. The third kappa shape index (κ3) is 4.85. The number of carbonyl (C=O) groups excluding carboxylic acids is 1. The molecule has 1 aromatic heterocycles. The molecule has 1 N–H and O–H groups in total. The molecule has 7 nitrogen and oxygen atoms in total. The van der Waals surface area contributed by atoms with E-state index in [1.807, 2.05) is 0 Å². The number of urea groups is 1. The fraction of sp³-hybridized carbons (Fsp3) is 0.368. The standard InChI is InChI=1S/C19H23FN4O3S/c1-23(17-8-10-24(11-9-17)28(2,26)27)19(25)22-18-7-6-15(13-21-18)14-4-3-5-16(20)12-14/h3-7,12-13,17H,8-11H2,1-2H3,(H,21,22,25). The van der Waals surface area contributed by atoms with Crippen molar-refractivity contribution in [3.8, 4) is 11.1 Å². The predicted octanol–water partition coefficient (Wildman–Crippen LogP) is 2.78. The van der Waals surface area contributed by atoms with Gasteiger partial charge < -0.3 is 4.90 Å². The lowest BCUT2D eigenvalue weighted by Gasteiger charge is -2.35. The van der Waals surface area contributed by atoms with Crippen molar-refractivity contribution in [2.24, 2.45) is 0 Å². The number of sulfonamides is 1. The highest BCUT2D eigenvalue weighted by molar-refractivity contribution is 7.88. The number of pyridine rings is 1. The molecular weight excluding hydrogens is 383 g/mol. The number of halogens is 1. The number of nitrogens with zero attached hydrogens (tertiary/aromatic N) is 3. The molecule has 2 amide bonds. The topological polar surface area (TPSA) is 82.6 Å². The van der Waals surface area contributed by atoms with E-state index in [0.717, 1.165) is 5.56 Å². The Morgan fingerprint density at radius 1 is 1.21 bits per heavy atom. The van der Waals surface area contributed by atoms with Gasteiger partial charge in [0.1, 0.15) is 11.6 Å². The number of hydrogen-bond donors (Lipinski definition) is 1. The first-order chi connectivity index (χ1) is 13.2. The van der Waals surface area contributed by atoms with E-state index < -0.39 is 10.0 Å². The maximum absolute atomic E-state index is 13.3. The first-order valence-corrected chi connectivity index (χ1v) is 10.8. The summed E-state index contributed by atoms with van der Waals surface area (Å²) in [5.41, 5.74) is 1.46. The van der Waals surface area contributed by atoms with Gasteiger partial charge in [0.15, 0.2) is 0 Å². The average Bonchev–Trinajstić information content (AvgIpc) is 2.67. The Morgan fingerprint density at radius 2 is 1.93 bits per heavy atom. The highest BCUT2D eigenvalue weighted by atomic mass is 32.2. The summed E-state index contributed by atoms with van der Waals surface area (Å²) in [4.78, 5) is 18.3. The van der Waals surface area contributed by atoms with E-state index in [1.165, 1.54) is 22.7 Å². The van der Waals surface area contributed by atoms with Crippen molar-refractivity contribution in [3.05, 3.63) is 48.4 Å². The van der Waals surface area contributed by atoms with Gasteiger partial charge in [-0.15, -0.1) is 0 Å². The van der Waals surface area contributed by atoms with Crippen LogP contribution in [0.4, 0.5) is 15.0 Å². The number of anilines is 1. The second-order valence-electron chi connectivity index (χ2n) is 6.88. The largest absolute Gasteiger partial charge is 0.324 e. The summed E-state index contributed by atoms with van der Waals surface area (Å²) >= 11 is 0. The van der Waals surface area contributed by atoms with Crippen molar-refractivity contribution in [1.82, 2.24) is 14.2 Å². The summed E-state index contributed by atoms with van der Waals surface area (Å²) in [6.07, 6.45) is 3.95. The minimum Gasteiger partial charge on any atom is -0.324 e. The van der Waals surface area contributed by atoms with E-state index in [9.17, 15) is 17.6 Å². The summed E-state index contributed by atoms with van der Waals surface area (Å²) in [6.45, 7) is 0.809. The molecule has 1 fully saturated rings. The first-order valence-electron chi connectivity index (χ1n) is 8.95. The van der Waals surface area contributed by atoms with E-state index in [2.05, 4.69) is 10.3 Å². The van der Waals surface area contributed by atoms with Crippen LogP contribution in [0.25, 0.3) is 11.1 Å². The number of piperidine rings is 1. The minimum absolute atomic E-state index is 0.0374. The average molecular weight is 406 g/mol. The molecule has 1 aliphatic heterocycles. The quantitative estimate of drug-likeness (QED) is 0.846. The summed E-state index contributed by atoms with van der Waals surface area (Å²) in [7, 11) is -1.50. The number of nitrogens with one attached hydrogen (secondary N) is 1. The molecule has 0 radical (unpaired) electrons. The molecule has 0 aliphatic carbocycles. The lowest BCUT2D eigenvalue weighted by molar-refractivity contribution is 0.174. The Bertz CT molecular complexity index is 942. The van der Waals surface area contributed by atoms with Crippen LogP contribution >= 0.6 is 0 Å². The first kappa shape index (κ1) is 20.2. The van der Waals surface area contributed by atoms with Crippen molar-refractivity contribution < 1.29 is 17.6 Å². The van der Waals surface area contributed by atoms with E-state index in [-0.39, 0.29) is 17.9 Å². The fourth-order valence-electron chi connectivity index (χ4n) is 3.23. The third-order valence-corrected chi connectivity index (χ3v) is 6.22. The summed E-state index contributed by atoms with van der Waals surface area (Å²) in [6, 6.07) is 9.31. The van der Waals surface area contributed by atoms with Crippen LogP contribution in [0.3, 0.4) is 0 Å². The normalized spacial score (nSPS) is 16.0. The molecule has 0 spiro atoms. The van der Waals surface area contributed by atoms with Gasteiger partial charge >= 0.3 is 6.03 Å². The maximum Gasteiger partial charge on any atom is 0.323 e. The molecule has 150 valence electrons. The number of rotatable bonds is 4. The molecule has 1 aliphatic rings. The van der Waals surface area contributed by atoms with E-state index in [4.69, 9.17) is 0 Å². The molecule has 0 atom stereocenters.